The zero-order valence-electron chi connectivity index (χ0n) is 16.1. The second-order valence-corrected chi connectivity index (χ2v) is 7.09. The first-order valence-electron chi connectivity index (χ1n) is 9.15. The van der Waals surface area contributed by atoms with Gasteiger partial charge in [-0.2, -0.15) is 0 Å². The first-order valence-corrected chi connectivity index (χ1v) is 9.55. The van der Waals surface area contributed by atoms with E-state index in [0.717, 1.165) is 16.9 Å². The molecule has 0 bridgehead atoms. The summed E-state index contributed by atoms with van der Waals surface area (Å²) in [5.74, 6) is 0.170. The normalized spacial score (nSPS) is 15.9. The minimum absolute atomic E-state index is 0.0331. The van der Waals surface area contributed by atoms with Gasteiger partial charge in [0.05, 0.1) is 12.3 Å². The number of nitrogens with zero attached hydrogens (tertiary/aromatic N) is 1. The van der Waals surface area contributed by atoms with Crippen molar-refractivity contribution in [3.63, 3.8) is 0 Å². The predicted octanol–water partition coefficient (Wildman–Crippen LogP) is 4.04. The van der Waals surface area contributed by atoms with Crippen molar-refractivity contribution < 1.29 is 14.3 Å². The molecular formula is C22H22N2O3S. The van der Waals surface area contributed by atoms with Crippen LogP contribution in [0.1, 0.15) is 37.8 Å². The first kappa shape index (κ1) is 19.8. The summed E-state index contributed by atoms with van der Waals surface area (Å²) in [5.41, 5.74) is 2.54. The number of amides is 2. The lowest BCUT2D eigenvalue weighted by Crippen LogP contribution is -2.54. The molecular weight excluding hydrogens is 372 g/mol. The van der Waals surface area contributed by atoms with Gasteiger partial charge in [0.25, 0.3) is 11.8 Å². The Bertz CT molecular complexity index is 931. The smallest absolute Gasteiger partial charge is 0.270 e. The van der Waals surface area contributed by atoms with Gasteiger partial charge in [-0.3, -0.25) is 19.8 Å². The Morgan fingerprint density at radius 2 is 1.71 bits per heavy atom. The minimum atomic E-state index is -0.501. The van der Waals surface area contributed by atoms with Crippen molar-refractivity contribution in [2.75, 3.05) is 11.5 Å². The summed E-state index contributed by atoms with van der Waals surface area (Å²) in [7, 11) is 0. The molecule has 144 valence electrons. The maximum Gasteiger partial charge on any atom is 0.270 e. The predicted molar refractivity (Wildman–Crippen MR) is 114 cm³/mol. The summed E-state index contributed by atoms with van der Waals surface area (Å²) in [5, 5.41) is 2.68. The molecule has 2 aromatic carbocycles. The van der Waals surface area contributed by atoms with Crippen LogP contribution in [0.4, 0.5) is 5.69 Å². The van der Waals surface area contributed by atoms with Gasteiger partial charge in [0, 0.05) is 0 Å². The summed E-state index contributed by atoms with van der Waals surface area (Å²) in [6.07, 6.45) is 1.56. The summed E-state index contributed by atoms with van der Waals surface area (Å²) in [4.78, 5) is 26.7. The molecule has 5 nitrogen and oxygen atoms in total. The minimum Gasteiger partial charge on any atom is -0.494 e. The number of ether oxygens (including phenoxy) is 1. The molecule has 2 amide bonds. The van der Waals surface area contributed by atoms with Crippen LogP contribution in [0.15, 0.2) is 54.1 Å². The van der Waals surface area contributed by atoms with Gasteiger partial charge in [0.2, 0.25) is 0 Å². The van der Waals surface area contributed by atoms with Crippen LogP contribution in [-0.2, 0) is 9.59 Å². The highest BCUT2D eigenvalue weighted by Crippen LogP contribution is 2.25. The standard InChI is InChI=1S/C22H22N2O3S/c1-4-27-18-11-5-15(6-12-18)13-19-20(25)23-22(28)24(21(19)26)17-9-7-16(8-10-17)14(2)3/h5-14H,4H2,1-3H3,(H,23,25,28)/b19-13+. The molecule has 0 atom stereocenters. The molecule has 2 aromatic rings. The second-order valence-electron chi connectivity index (χ2n) is 6.71. The molecule has 0 aromatic heterocycles. The third kappa shape index (κ3) is 4.12. The van der Waals surface area contributed by atoms with Gasteiger partial charge >= 0.3 is 0 Å². The van der Waals surface area contributed by atoms with Crippen LogP contribution < -0.4 is 15.0 Å². The van der Waals surface area contributed by atoms with Gasteiger partial charge in [-0.1, -0.05) is 38.1 Å². The second kappa shape index (κ2) is 8.35. The highest BCUT2D eigenvalue weighted by molar-refractivity contribution is 7.80. The summed E-state index contributed by atoms with van der Waals surface area (Å²) < 4.78 is 5.42. The zero-order chi connectivity index (χ0) is 20.3. The fourth-order valence-electron chi connectivity index (χ4n) is 2.89. The molecule has 0 spiro atoms. The van der Waals surface area contributed by atoms with E-state index >= 15 is 0 Å². The summed E-state index contributed by atoms with van der Waals surface area (Å²) in [6.45, 7) is 6.68. The topological polar surface area (TPSA) is 58.6 Å². The molecule has 1 heterocycles. The Kier molecular flexibility index (Phi) is 5.90. The van der Waals surface area contributed by atoms with Crippen molar-refractivity contribution in [1.29, 1.82) is 0 Å². The van der Waals surface area contributed by atoms with Crippen molar-refractivity contribution in [3.8, 4) is 5.75 Å². The quantitative estimate of drug-likeness (QED) is 0.472. The van der Waals surface area contributed by atoms with Crippen molar-refractivity contribution >= 4 is 40.9 Å². The monoisotopic (exact) mass is 394 g/mol. The molecule has 0 radical (unpaired) electrons. The van der Waals surface area contributed by atoms with Crippen LogP contribution in [-0.4, -0.2) is 23.5 Å². The molecule has 0 saturated carbocycles. The maximum absolute atomic E-state index is 13.0. The van der Waals surface area contributed by atoms with Gasteiger partial charge in [-0.05, 0) is 66.5 Å². The van der Waals surface area contributed by atoms with E-state index < -0.39 is 11.8 Å². The van der Waals surface area contributed by atoms with Crippen LogP contribution >= 0.6 is 12.2 Å². The number of thiocarbonyl (C=S) groups is 1. The zero-order valence-corrected chi connectivity index (χ0v) is 16.9. The van der Waals surface area contributed by atoms with Gasteiger partial charge < -0.3 is 4.74 Å². The van der Waals surface area contributed by atoms with Gasteiger partial charge in [0.1, 0.15) is 11.3 Å². The number of hydrogen-bond donors (Lipinski definition) is 1. The molecule has 1 aliphatic heterocycles. The molecule has 0 aliphatic carbocycles. The van der Waals surface area contributed by atoms with Crippen molar-refractivity contribution in [2.24, 2.45) is 0 Å². The third-order valence-corrected chi connectivity index (χ3v) is 4.71. The third-order valence-electron chi connectivity index (χ3n) is 4.42. The number of rotatable bonds is 5. The molecule has 1 N–H and O–H groups in total. The average Bonchev–Trinajstić information content (AvgIpc) is 2.67. The van der Waals surface area contributed by atoms with E-state index in [2.05, 4.69) is 19.2 Å². The number of anilines is 1. The molecule has 1 aliphatic rings. The van der Waals surface area contributed by atoms with E-state index in [4.69, 9.17) is 17.0 Å². The molecule has 3 rings (SSSR count). The number of nitrogens with one attached hydrogen (secondary N) is 1. The van der Waals surface area contributed by atoms with Crippen LogP contribution in [0.2, 0.25) is 0 Å². The molecule has 1 fully saturated rings. The Hall–Kier alpha value is -2.99. The Morgan fingerprint density at radius 3 is 2.29 bits per heavy atom. The average molecular weight is 394 g/mol. The van der Waals surface area contributed by atoms with Gasteiger partial charge in [-0.15, -0.1) is 0 Å². The number of carbonyl (C=O) groups excluding carboxylic acids is 2. The maximum atomic E-state index is 13.0. The Balaban J connectivity index is 1.91. The highest BCUT2D eigenvalue weighted by atomic mass is 32.1. The summed E-state index contributed by atoms with van der Waals surface area (Å²) >= 11 is 5.24. The fourth-order valence-corrected chi connectivity index (χ4v) is 3.17. The lowest BCUT2D eigenvalue weighted by atomic mass is 10.0. The van der Waals surface area contributed by atoms with E-state index in [-0.39, 0.29) is 10.7 Å². The van der Waals surface area contributed by atoms with Crippen LogP contribution in [0.3, 0.4) is 0 Å². The van der Waals surface area contributed by atoms with Crippen LogP contribution in [0.25, 0.3) is 6.08 Å². The molecule has 28 heavy (non-hydrogen) atoms. The Morgan fingerprint density at radius 1 is 1.07 bits per heavy atom. The van der Waals surface area contributed by atoms with Crippen LogP contribution in [0, 0.1) is 0 Å². The van der Waals surface area contributed by atoms with E-state index in [9.17, 15) is 9.59 Å². The Labute approximate surface area is 170 Å². The van der Waals surface area contributed by atoms with E-state index in [0.29, 0.717) is 18.2 Å². The fraction of sp³-hybridized carbons (Fsp3) is 0.227. The van der Waals surface area contributed by atoms with Gasteiger partial charge in [-0.25, -0.2) is 0 Å². The largest absolute Gasteiger partial charge is 0.494 e. The molecule has 0 unspecified atom stereocenters. The molecule has 6 heteroatoms. The lowest BCUT2D eigenvalue weighted by Gasteiger charge is -2.29. The van der Waals surface area contributed by atoms with E-state index in [1.807, 2.05) is 31.2 Å². The number of hydrogen-bond acceptors (Lipinski definition) is 4. The van der Waals surface area contributed by atoms with E-state index in [1.54, 1.807) is 30.3 Å². The van der Waals surface area contributed by atoms with Crippen LogP contribution in [0.5, 0.6) is 5.75 Å². The first-order chi connectivity index (χ1) is 13.4. The number of carbonyl (C=O) groups is 2. The molecule has 1 saturated heterocycles. The lowest BCUT2D eigenvalue weighted by molar-refractivity contribution is -0.122. The van der Waals surface area contributed by atoms with E-state index in [1.165, 1.54) is 4.90 Å². The highest BCUT2D eigenvalue weighted by Gasteiger charge is 2.34. The van der Waals surface area contributed by atoms with Crippen molar-refractivity contribution in [2.45, 2.75) is 26.7 Å². The number of benzene rings is 2. The van der Waals surface area contributed by atoms with Crippen molar-refractivity contribution in [3.05, 3.63) is 65.2 Å². The summed E-state index contributed by atoms with van der Waals surface area (Å²) in [6, 6.07) is 14.8. The SMILES string of the molecule is CCOc1ccc(/C=C2\C(=O)NC(=S)N(c3ccc(C(C)C)cc3)C2=O)cc1. The van der Waals surface area contributed by atoms with Crippen molar-refractivity contribution in [1.82, 2.24) is 5.32 Å². The van der Waals surface area contributed by atoms with Gasteiger partial charge in [0.15, 0.2) is 5.11 Å².